The zero-order chi connectivity index (χ0) is 13.9. The van der Waals surface area contributed by atoms with Crippen LogP contribution < -0.4 is 0 Å². The molecule has 104 valence electrons. The van der Waals surface area contributed by atoms with Crippen LogP contribution in [0.25, 0.3) is 0 Å². The first-order chi connectivity index (χ1) is 9.00. The number of aldehydes is 1. The van der Waals surface area contributed by atoms with E-state index in [0.717, 1.165) is 18.9 Å². The SMILES string of the molecule is O=Cc1ccc(SC2CCOCC2)c(C(F)(F)F)c1. The Morgan fingerprint density at radius 2 is 1.95 bits per heavy atom. The zero-order valence-corrected chi connectivity index (χ0v) is 10.9. The predicted molar refractivity (Wildman–Crippen MR) is 66.5 cm³/mol. The second-order valence-electron chi connectivity index (χ2n) is 4.30. The molecule has 2 rings (SSSR count). The summed E-state index contributed by atoms with van der Waals surface area (Å²) >= 11 is 1.22. The van der Waals surface area contributed by atoms with E-state index in [1.54, 1.807) is 0 Å². The van der Waals surface area contributed by atoms with Gasteiger partial charge in [0, 0.05) is 28.9 Å². The number of rotatable bonds is 3. The van der Waals surface area contributed by atoms with Crippen molar-refractivity contribution in [1.82, 2.24) is 0 Å². The van der Waals surface area contributed by atoms with Crippen molar-refractivity contribution in [3.8, 4) is 0 Å². The molecule has 1 heterocycles. The summed E-state index contributed by atoms with van der Waals surface area (Å²) in [7, 11) is 0. The molecule has 0 atom stereocenters. The van der Waals surface area contributed by atoms with E-state index in [4.69, 9.17) is 4.74 Å². The molecule has 0 amide bonds. The first kappa shape index (κ1) is 14.4. The summed E-state index contributed by atoms with van der Waals surface area (Å²) in [6, 6.07) is 3.71. The number of thioether (sulfide) groups is 1. The van der Waals surface area contributed by atoms with Crippen molar-refractivity contribution in [2.24, 2.45) is 0 Å². The average Bonchev–Trinajstić information content (AvgIpc) is 2.39. The molecule has 0 bridgehead atoms. The highest BCUT2D eigenvalue weighted by Crippen LogP contribution is 2.40. The Labute approximate surface area is 113 Å². The van der Waals surface area contributed by atoms with Crippen molar-refractivity contribution in [2.75, 3.05) is 13.2 Å². The molecule has 0 N–H and O–H groups in total. The van der Waals surface area contributed by atoms with Crippen molar-refractivity contribution in [2.45, 2.75) is 29.2 Å². The minimum Gasteiger partial charge on any atom is -0.381 e. The van der Waals surface area contributed by atoms with Gasteiger partial charge in [-0.2, -0.15) is 13.2 Å². The number of hydrogen-bond donors (Lipinski definition) is 0. The van der Waals surface area contributed by atoms with Crippen LogP contribution in [-0.2, 0) is 10.9 Å². The van der Waals surface area contributed by atoms with Crippen molar-refractivity contribution >= 4 is 18.0 Å². The van der Waals surface area contributed by atoms with Crippen molar-refractivity contribution < 1.29 is 22.7 Å². The Morgan fingerprint density at radius 3 is 2.53 bits per heavy atom. The molecule has 6 heteroatoms. The standard InChI is InChI=1S/C13H13F3O2S/c14-13(15,16)11-7-9(8-17)1-2-12(11)19-10-3-5-18-6-4-10/h1-2,7-8,10H,3-6H2. The third-order valence-electron chi connectivity index (χ3n) is 2.91. The van der Waals surface area contributed by atoms with E-state index in [1.807, 2.05) is 0 Å². The number of benzene rings is 1. The van der Waals surface area contributed by atoms with Gasteiger partial charge in [0.05, 0.1) is 5.56 Å². The molecular weight excluding hydrogens is 277 g/mol. The largest absolute Gasteiger partial charge is 0.417 e. The van der Waals surface area contributed by atoms with Crippen molar-refractivity contribution in [3.05, 3.63) is 29.3 Å². The molecule has 1 aliphatic heterocycles. The third kappa shape index (κ3) is 3.73. The molecule has 2 nitrogen and oxygen atoms in total. The molecular formula is C13H13F3O2S. The van der Waals surface area contributed by atoms with Gasteiger partial charge in [0.2, 0.25) is 0 Å². The zero-order valence-electron chi connectivity index (χ0n) is 10.1. The molecule has 1 aromatic carbocycles. The first-order valence-corrected chi connectivity index (χ1v) is 6.79. The van der Waals surface area contributed by atoms with Crippen LogP contribution in [0.1, 0.15) is 28.8 Å². The maximum atomic E-state index is 13.0. The van der Waals surface area contributed by atoms with E-state index in [1.165, 1.54) is 23.9 Å². The number of hydrogen-bond acceptors (Lipinski definition) is 3. The monoisotopic (exact) mass is 290 g/mol. The number of halogens is 3. The van der Waals surface area contributed by atoms with E-state index in [2.05, 4.69) is 0 Å². The third-order valence-corrected chi connectivity index (χ3v) is 4.32. The van der Waals surface area contributed by atoms with Gasteiger partial charge in [0.1, 0.15) is 6.29 Å². The van der Waals surface area contributed by atoms with Crippen LogP contribution in [0.15, 0.2) is 23.1 Å². The topological polar surface area (TPSA) is 26.3 Å². The summed E-state index contributed by atoms with van der Waals surface area (Å²) in [6.07, 6.45) is -2.51. The molecule has 0 aromatic heterocycles. The fourth-order valence-electron chi connectivity index (χ4n) is 1.92. The summed E-state index contributed by atoms with van der Waals surface area (Å²) in [6.45, 7) is 1.18. The number of alkyl halides is 3. The quantitative estimate of drug-likeness (QED) is 0.792. The van der Waals surface area contributed by atoms with Gasteiger partial charge in [0.15, 0.2) is 0 Å². The first-order valence-electron chi connectivity index (χ1n) is 5.91. The number of ether oxygens (including phenoxy) is 1. The Hall–Kier alpha value is -1.01. The van der Waals surface area contributed by atoms with E-state index < -0.39 is 11.7 Å². The molecule has 0 unspecified atom stereocenters. The van der Waals surface area contributed by atoms with Crippen LogP contribution in [-0.4, -0.2) is 24.7 Å². The molecule has 0 radical (unpaired) electrons. The number of carbonyl (C=O) groups is 1. The highest BCUT2D eigenvalue weighted by Gasteiger charge is 2.34. The smallest absolute Gasteiger partial charge is 0.381 e. The van der Waals surface area contributed by atoms with Gasteiger partial charge in [-0.3, -0.25) is 4.79 Å². The van der Waals surface area contributed by atoms with E-state index in [0.29, 0.717) is 19.5 Å². The molecule has 0 aliphatic carbocycles. The fraction of sp³-hybridized carbons (Fsp3) is 0.462. The van der Waals surface area contributed by atoms with Gasteiger partial charge in [-0.25, -0.2) is 0 Å². The summed E-state index contributed by atoms with van der Waals surface area (Å²) in [5, 5.41) is 0.136. The summed E-state index contributed by atoms with van der Waals surface area (Å²) < 4.78 is 44.1. The second kappa shape index (κ2) is 5.96. The van der Waals surface area contributed by atoms with Crippen LogP contribution in [0.3, 0.4) is 0 Å². The maximum absolute atomic E-state index is 13.0. The van der Waals surface area contributed by atoms with Gasteiger partial charge >= 0.3 is 6.18 Å². The molecule has 19 heavy (non-hydrogen) atoms. The lowest BCUT2D eigenvalue weighted by Gasteiger charge is -2.23. The summed E-state index contributed by atoms with van der Waals surface area (Å²) in [5.74, 6) is 0. The summed E-state index contributed by atoms with van der Waals surface area (Å²) in [5.41, 5.74) is -0.683. The molecule has 1 aliphatic rings. The maximum Gasteiger partial charge on any atom is 0.417 e. The van der Waals surface area contributed by atoms with E-state index in [-0.39, 0.29) is 15.7 Å². The van der Waals surface area contributed by atoms with Crippen LogP contribution in [0.5, 0.6) is 0 Å². The van der Waals surface area contributed by atoms with Crippen LogP contribution >= 0.6 is 11.8 Å². The molecule has 0 spiro atoms. The van der Waals surface area contributed by atoms with E-state index in [9.17, 15) is 18.0 Å². The Morgan fingerprint density at radius 1 is 1.26 bits per heavy atom. The lowest BCUT2D eigenvalue weighted by atomic mass is 10.1. The van der Waals surface area contributed by atoms with Crippen LogP contribution in [0.2, 0.25) is 0 Å². The van der Waals surface area contributed by atoms with Gasteiger partial charge in [-0.15, -0.1) is 11.8 Å². The van der Waals surface area contributed by atoms with Crippen molar-refractivity contribution in [3.63, 3.8) is 0 Å². The normalized spacial score (nSPS) is 17.4. The minimum absolute atomic E-state index is 0.0450. The predicted octanol–water partition coefficient (Wildman–Crippen LogP) is 3.79. The van der Waals surface area contributed by atoms with E-state index >= 15 is 0 Å². The lowest BCUT2D eigenvalue weighted by molar-refractivity contribution is -0.139. The molecule has 1 fully saturated rings. The minimum atomic E-state index is -4.44. The van der Waals surface area contributed by atoms with Crippen LogP contribution in [0.4, 0.5) is 13.2 Å². The molecule has 1 aromatic rings. The molecule has 1 saturated heterocycles. The number of carbonyl (C=O) groups excluding carboxylic acids is 1. The highest BCUT2D eigenvalue weighted by atomic mass is 32.2. The Kier molecular flexibility index (Phi) is 4.52. The summed E-state index contributed by atoms with van der Waals surface area (Å²) in [4.78, 5) is 10.8. The second-order valence-corrected chi connectivity index (χ2v) is 5.64. The van der Waals surface area contributed by atoms with Gasteiger partial charge in [0.25, 0.3) is 0 Å². The average molecular weight is 290 g/mol. The molecule has 0 saturated carbocycles. The van der Waals surface area contributed by atoms with Crippen molar-refractivity contribution in [1.29, 1.82) is 0 Å². The highest BCUT2D eigenvalue weighted by molar-refractivity contribution is 8.00. The Balaban J connectivity index is 2.25. The Bertz CT molecular complexity index is 454. The van der Waals surface area contributed by atoms with Gasteiger partial charge in [-0.05, 0) is 25.0 Å². The fourth-order valence-corrected chi connectivity index (χ4v) is 3.15. The van der Waals surface area contributed by atoms with Gasteiger partial charge < -0.3 is 4.74 Å². The van der Waals surface area contributed by atoms with Gasteiger partial charge in [-0.1, -0.05) is 6.07 Å². The lowest BCUT2D eigenvalue weighted by Crippen LogP contribution is -2.18. The van der Waals surface area contributed by atoms with Crippen LogP contribution in [0, 0.1) is 0 Å².